The Morgan fingerprint density at radius 1 is 0.861 bits per heavy atom. The highest BCUT2D eigenvalue weighted by Gasteiger charge is 2.48. The SMILES string of the molecule is O=C1C(CCC(O[N+](=O)[O-])c2ccc(F)cc2)C(c2ccc(O[N+](=O)[O-])cc2)N1c1ccc(F)cc1. The van der Waals surface area contributed by atoms with Crippen molar-refractivity contribution in [1.29, 1.82) is 0 Å². The fourth-order valence-corrected chi connectivity index (χ4v) is 4.31. The second-order valence-corrected chi connectivity index (χ2v) is 8.07. The Bertz CT molecular complexity index is 1250. The molecule has 1 amide bonds. The summed E-state index contributed by atoms with van der Waals surface area (Å²) < 4.78 is 26.8. The lowest BCUT2D eigenvalue weighted by atomic mass is 9.78. The van der Waals surface area contributed by atoms with Crippen LogP contribution in [0, 0.1) is 37.8 Å². The van der Waals surface area contributed by atoms with Gasteiger partial charge in [-0.25, -0.2) is 8.78 Å². The van der Waals surface area contributed by atoms with Gasteiger partial charge in [-0.2, -0.15) is 0 Å². The van der Waals surface area contributed by atoms with Gasteiger partial charge in [0.15, 0.2) is 0 Å². The van der Waals surface area contributed by atoms with Gasteiger partial charge >= 0.3 is 0 Å². The number of hydrogen-bond acceptors (Lipinski definition) is 7. The van der Waals surface area contributed by atoms with E-state index in [4.69, 9.17) is 4.84 Å². The molecule has 0 radical (unpaired) electrons. The van der Waals surface area contributed by atoms with E-state index in [-0.39, 0.29) is 24.5 Å². The largest absolute Gasteiger partial charge is 0.306 e. The van der Waals surface area contributed by atoms with Gasteiger partial charge in [-0.3, -0.25) is 9.63 Å². The summed E-state index contributed by atoms with van der Waals surface area (Å²) in [6.45, 7) is 0. The van der Waals surface area contributed by atoms with Crippen LogP contribution in [0.4, 0.5) is 14.5 Å². The molecule has 0 aliphatic carbocycles. The normalized spacial score (nSPS) is 17.7. The second kappa shape index (κ2) is 10.3. The molecule has 3 aromatic rings. The van der Waals surface area contributed by atoms with Crippen LogP contribution in [0.1, 0.15) is 36.1 Å². The van der Waals surface area contributed by atoms with E-state index in [0.717, 1.165) is 12.1 Å². The van der Waals surface area contributed by atoms with Crippen molar-refractivity contribution in [3.8, 4) is 5.75 Å². The molecule has 1 aliphatic heterocycles. The van der Waals surface area contributed by atoms with Crippen LogP contribution >= 0.6 is 0 Å². The van der Waals surface area contributed by atoms with Gasteiger partial charge in [0.1, 0.15) is 23.5 Å². The molecule has 0 spiro atoms. The highest BCUT2D eigenvalue weighted by molar-refractivity contribution is 6.03. The summed E-state index contributed by atoms with van der Waals surface area (Å²) in [5.74, 6) is -1.88. The van der Waals surface area contributed by atoms with Crippen LogP contribution in [-0.2, 0) is 9.63 Å². The van der Waals surface area contributed by atoms with E-state index in [9.17, 15) is 33.8 Å². The maximum atomic E-state index is 13.4. The summed E-state index contributed by atoms with van der Waals surface area (Å²) in [5.41, 5.74) is 1.46. The number of rotatable bonds is 10. The van der Waals surface area contributed by atoms with Gasteiger partial charge in [-0.05, 0) is 72.5 Å². The zero-order valence-electron chi connectivity index (χ0n) is 18.5. The standard InChI is InChI=1S/C24H19F2N3O7/c25-17-5-1-15(2-6-17)22(36-29(33)34)14-13-21-23(16-3-11-20(12-4-16)35-28(31)32)27(24(21)30)19-9-7-18(26)8-10-19/h1-12,21-23H,13-14H2. The molecule has 186 valence electrons. The molecular formula is C24H19F2N3O7. The highest BCUT2D eigenvalue weighted by Crippen LogP contribution is 2.46. The van der Waals surface area contributed by atoms with Crippen molar-refractivity contribution in [3.05, 3.63) is 116 Å². The van der Waals surface area contributed by atoms with Crippen LogP contribution in [0.2, 0.25) is 0 Å². The van der Waals surface area contributed by atoms with Crippen LogP contribution in [0.25, 0.3) is 0 Å². The first-order valence-corrected chi connectivity index (χ1v) is 10.8. The number of carbonyl (C=O) groups is 1. The number of halogens is 2. The zero-order valence-corrected chi connectivity index (χ0v) is 18.5. The minimum Gasteiger partial charge on any atom is -0.306 e. The smallest absolute Gasteiger partial charge is 0.299 e. The molecule has 12 heteroatoms. The van der Waals surface area contributed by atoms with Crippen molar-refractivity contribution < 1.29 is 33.4 Å². The highest BCUT2D eigenvalue weighted by atomic mass is 19.1. The van der Waals surface area contributed by atoms with E-state index in [1.807, 2.05) is 0 Å². The van der Waals surface area contributed by atoms with Gasteiger partial charge in [0.25, 0.3) is 10.2 Å². The van der Waals surface area contributed by atoms with E-state index >= 15 is 0 Å². The lowest BCUT2D eigenvalue weighted by molar-refractivity contribution is -0.771. The second-order valence-electron chi connectivity index (χ2n) is 8.07. The van der Waals surface area contributed by atoms with Crippen molar-refractivity contribution in [1.82, 2.24) is 0 Å². The van der Waals surface area contributed by atoms with Gasteiger partial charge in [-0.1, -0.05) is 24.3 Å². The van der Waals surface area contributed by atoms with Crippen molar-refractivity contribution in [2.24, 2.45) is 5.92 Å². The van der Waals surface area contributed by atoms with E-state index in [1.165, 1.54) is 53.4 Å². The first-order valence-electron chi connectivity index (χ1n) is 10.8. The minimum absolute atomic E-state index is 0.00459. The number of anilines is 1. The fourth-order valence-electron chi connectivity index (χ4n) is 4.31. The van der Waals surface area contributed by atoms with Gasteiger partial charge in [0.2, 0.25) is 5.91 Å². The topological polar surface area (TPSA) is 125 Å². The number of benzene rings is 3. The Labute approximate surface area is 202 Å². The molecule has 3 unspecified atom stereocenters. The Kier molecular flexibility index (Phi) is 7.04. The van der Waals surface area contributed by atoms with Crippen molar-refractivity contribution >= 4 is 11.6 Å². The molecule has 4 rings (SSSR count). The summed E-state index contributed by atoms with van der Waals surface area (Å²) in [6.07, 6.45) is -0.756. The Morgan fingerprint density at radius 3 is 2.00 bits per heavy atom. The number of carbonyl (C=O) groups excluding carboxylic acids is 1. The molecular weight excluding hydrogens is 480 g/mol. The van der Waals surface area contributed by atoms with Crippen LogP contribution in [-0.4, -0.2) is 16.1 Å². The zero-order chi connectivity index (χ0) is 25.8. The summed E-state index contributed by atoms with van der Waals surface area (Å²) in [6, 6.07) is 15.8. The number of hydrogen-bond donors (Lipinski definition) is 0. The number of β-lactam (4-membered cyclic amide) rings is 1. The van der Waals surface area contributed by atoms with Gasteiger partial charge in [-0.15, -0.1) is 20.2 Å². The average Bonchev–Trinajstić information content (AvgIpc) is 2.83. The van der Waals surface area contributed by atoms with Crippen molar-refractivity contribution in [2.45, 2.75) is 25.0 Å². The predicted molar refractivity (Wildman–Crippen MR) is 121 cm³/mol. The Hall–Kier alpha value is -4.61. The van der Waals surface area contributed by atoms with Crippen molar-refractivity contribution in [3.63, 3.8) is 0 Å². The number of amides is 1. The van der Waals surface area contributed by atoms with Crippen molar-refractivity contribution in [2.75, 3.05) is 4.90 Å². The van der Waals surface area contributed by atoms with Crippen LogP contribution in [0.3, 0.4) is 0 Å². The monoisotopic (exact) mass is 499 g/mol. The van der Waals surface area contributed by atoms with E-state index in [0.29, 0.717) is 16.8 Å². The van der Waals surface area contributed by atoms with Gasteiger partial charge in [0.05, 0.1) is 12.0 Å². The lowest BCUT2D eigenvalue weighted by Crippen LogP contribution is -2.55. The maximum absolute atomic E-state index is 13.4. The molecule has 1 saturated heterocycles. The van der Waals surface area contributed by atoms with Gasteiger partial charge in [0, 0.05) is 5.69 Å². The first-order chi connectivity index (χ1) is 17.2. The third-order valence-electron chi connectivity index (χ3n) is 5.92. The van der Waals surface area contributed by atoms with Crippen LogP contribution < -0.4 is 9.74 Å². The molecule has 0 aromatic heterocycles. The molecule has 1 fully saturated rings. The third kappa shape index (κ3) is 5.37. The molecule has 36 heavy (non-hydrogen) atoms. The summed E-state index contributed by atoms with van der Waals surface area (Å²) in [7, 11) is 0. The van der Waals surface area contributed by atoms with E-state index in [1.54, 1.807) is 12.1 Å². The molecule has 3 atom stereocenters. The van der Waals surface area contributed by atoms with Gasteiger partial charge < -0.3 is 9.74 Å². The quantitative estimate of drug-likeness (QED) is 0.219. The molecule has 0 bridgehead atoms. The molecule has 0 saturated carbocycles. The molecule has 1 aliphatic rings. The molecule has 1 heterocycles. The van der Waals surface area contributed by atoms with E-state index < -0.39 is 39.9 Å². The minimum atomic E-state index is -1.02. The van der Waals surface area contributed by atoms with E-state index in [2.05, 4.69) is 4.84 Å². The fraction of sp³-hybridized carbons (Fsp3) is 0.208. The Balaban J connectivity index is 1.59. The van der Waals surface area contributed by atoms with Crippen LogP contribution in [0.5, 0.6) is 5.75 Å². The van der Waals surface area contributed by atoms with Crippen LogP contribution in [0.15, 0.2) is 72.8 Å². The predicted octanol–water partition coefficient (Wildman–Crippen LogP) is 4.97. The molecule has 3 aromatic carbocycles. The summed E-state index contributed by atoms with van der Waals surface area (Å²) in [5, 5.41) is 19.8. The summed E-state index contributed by atoms with van der Waals surface area (Å²) in [4.78, 5) is 45.5. The number of nitrogens with zero attached hydrogens (tertiary/aromatic N) is 3. The molecule has 0 N–H and O–H groups in total. The Morgan fingerprint density at radius 2 is 1.44 bits per heavy atom. The average molecular weight is 499 g/mol. The first kappa shape index (κ1) is 24.5. The lowest BCUT2D eigenvalue weighted by Gasteiger charge is -2.48. The third-order valence-corrected chi connectivity index (χ3v) is 5.92. The molecule has 10 nitrogen and oxygen atoms in total. The summed E-state index contributed by atoms with van der Waals surface area (Å²) >= 11 is 0. The maximum Gasteiger partial charge on any atom is 0.299 e.